The van der Waals surface area contributed by atoms with Gasteiger partial charge in [-0.3, -0.25) is 0 Å². The van der Waals surface area contributed by atoms with Gasteiger partial charge in [-0.25, -0.2) is 0 Å². The number of hydrogen-bond donors (Lipinski definition) is 0. The maximum Gasteiger partial charge on any atom is 0.0361 e. The van der Waals surface area contributed by atoms with Crippen LogP contribution in [0.15, 0.2) is 59.9 Å². The average Bonchev–Trinajstić information content (AvgIpc) is 2.80. The molecule has 2 rings (SSSR count). The molecule has 0 spiro atoms. The van der Waals surface area contributed by atoms with Gasteiger partial charge in [-0.2, -0.15) is 0 Å². The fourth-order valence-corrected chi connectivity index (χ4v) is 1.52. The standard InChI is InChI=1S/C15H15N/c1-16(2)15-11-9-14(10-12-15)8-7-13-5-3-4-6-13/h3-5,7-12H,1-2H3/b8-7+. The lowest BCUT2D eigenvalue weighted by molar-refractivity contribution is 1.13. The van der Waals surface area contributed by atoms with Crippen LogP contribution in [0, 0.1) is 0 Å². The minimum atomic E-state index is 1.12. The van der Waals surface area contributed by atoms with Crippen molar-refractivity contribution in [3.8, 4) is 0 Å². The summed E-state index contributed by atoms with van der Waals surface area (Å²) in [5.41, 5.74) is 6.69. The highest BCUT2D eigenvalue weighted by atomic mass is 15.1. The lowest BCUT2D eigenvalue weighted by atomic mass is 10.1. The molecule has 1 aromatic carbocycles. The highest BCUT2D eigenvalue weighted by Gasteiger charge is 1.94. The molecule has 0 N–H and O–H groups in total. The lowest BCUT2D eigenvalue weighted by Gasteiger charge is -2.11. The molecule has 0 bridgehead atoms. The molecule has 1 aliphatic rings. The molecule has 1 aromatic rings. The molecular formula is C15H15N. The molecule has 0 saturated heterocycles. The molecule has 0 unspecified atom stereocenters. The van der Waals surface area contributed by atoms with E-state index >= 15 is 0 Å². The molecule has 0 atom stereocenters. The molecule has 0 aromatic heterocycles. The fraction of sp³-hybridized carbons (Fsp3) is 0.133. The molecule has 0 radical (unpaired) electrons. The van der Waals surface area contributed by atoms with Gasteiger partial charge in [0.05, 0.1) is 0 Å². The van der Waals surface area contributed by atoms with Gasteiger partial charge in [0.25, 0.3) is 0 Å². The molecule has 0 saturated carbocycles. The van der Waals surface area contributed by atoms with E-state index in [-0.39, 0.29) is 0 Å². The third kappa shape index (κ3) is 2.53. The maximum absolute atomic E-state index is 3.14. The lowest BCUT2D eigenvalue weighted by Crippen LogP contribution is -2.07. The van der Waals surface area contributed by atoms with Gasteiger partial charge in [0.1, 0.15) is 0 Å². The van der Waals surface area contributed by atoms with E-state index in [0.717, 1.165) is 5.57 Å². The Morgan fingerprint density at radius 1 is 1.06 bits per heavy atom. The highest BCUT2D eigenvalue weighted by molar-refractivity contribution is 5.59. The molecule has 0 aliphatic heterocycles. The molecule has 0 amide bonds. The maximum atomic E-state index is 3.14. The van der Waals surface area contributed by atoms with Crippen LogP contribution in [0.1, 0.15) is 5.56 Å². The van der Waals surface area contributed by atoms with Gasteiger partial charge in [0, 0.05) is 25.4 Å². The van der Waals surface area contributed by atoms with Crippen molar-refractivity contribution >= 4 is 11.8 Å². The van der Waals surface area contributed by atoms with E-state index in [2.05, 4.69) is 47.0 Å². The smallest absolute Gasteiger partial charge is 0.0361 e. The Balaban J connectivity index is 2.11. The van der Waals surface area contributed by atoms with Gasteiger partial charge in [0.2, 0.25) is 0 Å². The van der Waals surface area contributed by atoms with E-state index in [4.69, 9.17) is 0 Å². The van der Waals surface area contributed by atoms with E-state index in [1.807, 2.05) is 32.3 Å². The largest absolute Gasteiger partial charge is 0.378 e. The van der Waals surface area contributed by atoms with Gasteiger partial charge < -0.3 is 4.90 Å². The first-order chi connectivity index (χ1) is 7.75. The van der Waals surface area contributed by atoms with Gasteiger partial charge in [-0.05, 0) is 35.9 Å². The molecule has 80 valence electrons. The van der Waals surface area contributed by atoms with E-state index in [1.54, 1.807) is 0 Å². The highest BCUT2D eigenvalue weighted by Crippen LogP contribution is 2.14. The summed E-state index contributed by atoms with van der Waals surface area (Å²) in [5, 5.41) is 0. The molecule has 16 heavy (non-hydrogen) atoms. The van der Waals surface area contributed by atoms with Gasteiger partial charge in [-0.15, -0.1) is 5.73 Å². The zero-order valence-corrected chi connectivity index (χ0v) is 9.64. The van der Waals surface area contributed by atoms with Crippen LogP contribution < -0.4 is 4.90 Å². The second-order valence-corrected chi connectivity index (χ2v) is 3.94. The summed E-state index contributed by atoms with van der Waals surface area (Å²) in [6.45, 7) is 0. The zero-order valence-electron chi connectivity index (χ0n) is 9.64. The van der Waals surface area contributed by atoms with Crippen LogP contribution in [0.4, 0.5) is 5.69 Å². The summed E-state index contributed by atoms with van der Waals surface area (Å²) in [6, 6.07) is 8.48. The third-order valence-electron chi connectivity index (χ3n) is 2.49. The summed E-state index contributed by atoms with van der Waals surface area (Å²) in [7, 11) is 4.09. The van der Waals surface area contributed by atoms with Gasteiger partial charge in [0.15, 0.2) is 0 Å². The van der Waals surface area contributed by atoms with Crippen molar-refractivity contribution < 1.29 is 0 Å². The molecular weight excluding hydrogens is 194 g/mol. The molecule has 1 nitrogen and oxygen atoms in total. The number of anilines is 1. The Hall–Kier alpha value is -1.98. The Morgan fingerprint density at radius 3 is 2.38 bits per heavy atom. The Kier molecular flexibility index (Phi) is 3.09. The Morgan fingerprint density at radius 2 is 1.81 bits per heavy atom. The summed E-state index contributed by atoms with van der Waals surface area (Å²) in [6.07, 6.45) is 10.1. The van der Waals surface area contributed by atoms with Crippen molar-refractivity contribution in [2.24, 2.45) is 0 Å². The van der Waals surface area contributed by atoms with Crippen LogP contribution in [0.5, 0.6) is 0 Å². The molecule has 1 aliphatic carbocycles. The monoisotopic (exact) mass is 209 g/mol. The van der Waals surface area contributed by atoms with Crippen LogP contribution in [0.2, 0.25) is 0 Å². The van der Waals surface area contributed by atoms with Gasteiger partial charge in [-0.1, -0.05) is 24.3 Å². The Bertz CT molecular complexity index is 481. The summed E-state index contributed by atoms with van der Waals surface area (Å²) < 4.78 is 0. The predicted octanol–water partition coefficient (Wildman–Crippen LogP) is 3.42. The first-order valence-corrected chi connectivity index (χ1v) is 5.34. The summed E-state index contributed by atoms with van der Waals surface area (Å²) >= 11 is 0. The number of rotatable bonds is 3. The zero-order chi connectivity index (χ0) is 11.4. The molecule has 0 heterocycles. The van der Waals surface area contributed by atoms with Gasteiger partial charge >= 0.3 is 0 Å². The molecule has 1 heteroatoms. The van der Waals surface area contributed by atoms with Crippen molar-refractivity contribution in [3.63, 3.8) is 0 Å². The van der Waals surface area contributed by atoms with Crippen LogP contribution in [0.25, 0.3) is 6.08 Å². The number of benzene rings is 1. The number of hydrogen-bond acceptors (Lipinski definition) is 1. The van der Waals surface area contributed by atoms with Crippen LogP contribution >= 0.6 is 0 Å². The quantitative estimate of drug-likeness (QED) is 0.689. The van der Waals surface area contributed by atoms with E-state index in [0.29, 0.717) is 0 Å². The van der Waals surface area contributed by atoms with Crippen molar-refractivity contribution in [3.05, 3.63) is 65.4 Å². The fourth-order valence-electron chi connectivity index (χ4n) is 1.52. The van der Waals surface area contributed by atoms with E-state index in [1.165, 1.54) is 11.3 Å². The summed E-state index contributed by atoms with van der Waals surface area (Å²) in [4.78, 5) is 2.10. The second-order valence-electron chi connectivity index (χ2n) is 3.94. The second kappa shape index (κ2) is 4.69. The van der Waals surface area contributed by atoms with Crippen LogP contribution in [-0.4, -0.2) is 14.1 Å². The normalized spacial score (nSPS) is 13.5. The topological polar surface area (TPSA) is 3.24 Å². The predicted molar refractivity (Wildman–Crippen MR) is 70.5 cm³/mol. The molecule has 0 fully saturated rings. The average molecular weight is 209 g/mol. The third-order valence-corrected chi connectivity index (χ3v) is 2.49. The SMILES string of the molecule is CN(C)c1ccc(/C=C/C2=C=CC=C2)cc1. The van der Waals surface area contributed by atoms with Crippen molar-refractivity contribution in [1.82, 2.24) is 0 Å². The number of nitrogens with zero attached hydrogens (tertiary/aromatic N) is 1. The summed E-state index contributed by atoms with van der Waals surface area (Å²) in [5.74, 6) is 0. The van der Waals surface area contributed by atoms with Crippen molar-refractivity contribution in [2.45, 2.75) is 0 Å². The van der Waals surface area contributed by atoms with Crippen molar-refractivity contribution in [1.29, 1.82) is 0 Å². The van der Waals surface area contributed by atoms with E-state index in [9.17, 15) is 0 Å². The van der Waals surface area contributed by atoms with Crippen LogP contribution in [0.3, 0.4) is 0 Å². The minimum absolute atomic E-state index is 1.12. The van der Waals surface area contributed by atoms with E-state index < -0.39 is 0 Å². The van der Waals surface area contributed by atoms with Crippen LogP contribution in [-0.2, 0) is 0 Å². The first kappa shape index (κ1) is 10.5. The van der Waals surface area contributed by atoms with Crippen molar-refractivity contribution in [2.75, 3.05) is 19.0 Å². The minimum Gasteiger partial charge on any atom is -0.378 e. The Labute approximate surface area is 96.7 Å². The first-order valence-electron chi connectivity index (χ1n) is 5.34. The number of allylic oxidation sites excluding steroid dienone is 4.